The summed E-state index contributed by atoms with van der Waals surface area (Å²) < 4.78 is 0. The molecule has 0 aliphatic carbocycles. The molecule has 0 heterocycles. The van der Waals surface area contributed by atoms with Crippen LogP contribution < -0.4 is 0 Å². The molecule has 2 N–H and O–H groups in total. The molecule has 1 aromatic rings. The summed E-state index contributed by atoms with van der Waals surface area (Å²) in [6, 6.07) is 4.68. The Morgan fingerprint density at radius 1 is 1.47 bits per heavy atom. The first kappa shape index (κ1) is 12.4. The molecular formula is C10H11ClO3S. The summed E-state index contributed by atoms with van der Waals surface area (Å²) in [5, 5.41) is 18.0. The average molecular weight is 247 g/mol. The number of aliphatic hydroxyl groups is 1. The zero-order valence-corrected chi connectivity index (χ0v) is 9.51. The number of carboxylic acid groups (broad SMARTS) is 1. The summed E-state index contributed by atoms with van der Waals surface area (Å²) in [7, 11) is 0. The minimum absolute atomic E-state index is 0.107. The van der Waals surface area contributed by atoms with Gasteiger partial charge in [0.2, 0.25) is 0 Å². The first-order chi connectivity index (χ1) is 7.15. The maximum atomic E-state index is 10.9. The van der Waals surface area contributed by atoms with Crippen molar-refractivity contribution in [1.82, 2.24) is 0 Å². The van der Waals surface area contributed by atoms with Gasteiger partial charge in [-0.1, -0.05) is 11.6 Å². The number of hydrogen-bond acceptors (Lipinski definition) is 3. The van der Waals surface area contributed by atoms with E-state index in [-0.39, 0.29) is 12.2 Å². The van der Waals surface area contributed by atoms with Crippen molar-refractivity contribution in [1.29, 1.82) is 0 Å². The molecule has 82 valence electrons. The van der Waals surface area contributed by atoms with Gasteiger partial charge < -0.3 is 10.2 Å². The number of hydrogen-bond donors (Lipinski definition) is 2. The number of thioether (sulfide) groups is 1. The molecule has 0 unspecified atom stereocenters. The van der Waals surface area contributed by atoms with Crippen LogP contribution >= 0.6 is 23.4 Å². The Balaban J connectivity index is 2.82. The summed E-state index contributed by atoms with van der Waals surface area (Å²) in [6.07, 6.45) is 0.635. The molecule has 0 amide bonds. The Hall–Kier alpha value is -0.710. The molecule has 15 heavy (non-hydrogen) atoms. The van der Waals surface area contributed by atoms with E-state index in [1.807, 2.05) is 0 Å². The molecule has 0 atom stereocenters. The highest BCUT2D eigenvalue weighted by molar-refractivity contribution is 7.99. The average Bonchev–Trinajstić information content (AvgIpc) is 2.18. The maximum Gasteiger partial charge on any atom is 0.336 e. The quantitative estimate of drug-likeness (QED) is 0.619. The van der Waals surface area contributed by atoms with E-state index in [9.17, 15) is 4.79 Å². The predicted octanol–water partition coefficient (Wildman–Crippen LogP) is 2.51. The van der Waals surface area contributed by atoms with Crippen LogP contribution in [0.3, 0.4) is 0 Å². The number of carboxylic acids is 1. The lowest BCUT2D eigenvalue weighted by atomic mass is 10.2. The largest absolute Gasteiger partial charge is 0.478 e. The Labute approximate surface area is 97.1 Å². The number of halogens is 1. The summed E-state index contributed by atoms with van der Waals surface area (Å²) in [5.74, 6) is -0.282. The van der Waals surface area contributed by atoms with Crippen LogP contribution in [-0.2, 0) is 0 Å². The molecule has 1 rings (SSSR count). The molecule has 0 saturated carbocycles. The second kappa shape index (κ2) is 6.00. The monoisotopic (exact) mass is 246 g/mol. The van der Waals surface area contributed by atoms with Crippen molar-refractivity contribution in [3.05, 3.63) is 28.8 Å². The van der Waals surface area contributed by atoms with Gasteiger partial charge in [0, 0.05) is 22.3 Å². The third-order valence-corrected chi connectivity index (χ3v) is 3.11. The number of rotatable bonds is 5. The van der Waals surface area contributed by atoms with Gasteiger partial charge in [-0.25, -0.2) is 4.79 Å². The Kier molecular flexibility index (Phi) is 4.94. The van der Waals surface area contributed by atoms with Gasteiger partial charge in [0.25, 0.3) is 0 Å². The van der Waals surface area contributed by atoms with E-state index in [1.165, 1.54) is 17.8 Å². The molecule has 5 heteroatoms. The number of benzene rings is 1. The molecule has 0 aromatic heterocycles. The Morgan fingerprint density at radius 2 is 2.20 bits per heavy atom. The summed E-state index contributed by atoms with van der Waals surface area (Å²) in [6.45, 7) is 0.107. The van der Waals surface area contributed by atoms with Gasteiger partial charge in [-0.2, -0.15) is 0 Å². The van der Waals surface area contributed by atoms with Crippen LogP contribution in [-0.4, -0.2) is 28.5 Å². The Bertz CT molecular complexity index is 355. The Morgan fingerprint density at radius 3 is 2.80 bits per heavy atom. The fraction of sp³-hybridized carbons (Fsp3) is 0.300. The zero-order chi connectivity index (χ0) is 11.3. The molecule has 0 radical (unpaired) electrons. The van der Waals surface area contributed by atoms with Crippen LogP contribution in [0.1, 0.15) is 16.8 Å². The van der Waals surface area contributed by atoms with Crippen molar-refractivity contribution >= 4 is 29.3 Å². The van der Waals surface area contributed by atoms with Gasteiger partial charge >= 0.3 is 5.97 Å². The minimum atomic E-state index is -0.960. The first-order valence-electron chi connectivity index (χ1n) is 4.41. The van der Waals surface area contributed by atoms with E-state index in [4.69, 9.17) is 21.8 Å². The van der Waals surface area contributed by atoms with Gasteiger partial charge in [-0.05, 0) is 24.6 Å². The van der Waals surface area contributed by atoms with Crippen molar-refractivity contribution in [3.8, 4) is 0 Å². The SMILES string of the molecule is O=C(O)c1ccc(Cl)cc1SCCCO. The highest BCUT2D eigenvalue weighted by atomic mass is 35.5. The number of aromatic carboxylic acids is 1. The highest BCUT2D eigenvalue weighted by Gasteiger charge is 2.10. The third-order valence-electron chi connectivity index (χ3n) is 1.73. The van der Waals surface area contributed by atoms with Crippen molar-refractivity contribution in [2.45, 2.75) is 11.3 Å². The van der Waals surface area contributed by atoms with Crippen LogP contribution in [0, 0.1) is 0 Å². The van der Waals surface area contributed by atoms with Gasteiger partial charge in [0.05, 0.1) is 5.56 Å². The van der Waals surface area contributed by atoms with Crippen molar-refractivity contribution in [2.24, 2.45) is 0 Å². The summed E-state index contributed by atoms with van der Waals surface area (Å²) >= 11 is 7.17. The fourth-order valence-electron chi connectivity index (χ4n) is 1.04. The topological polar surface area (TPSA) is 57.5 Å². The molecule has 0 fully saturated rings. The van der Waals surface area contributed by atoms with Gasteiger partial charge in [-0.3, -0.25) is 0 Å². The second-order valence-corrected chi connectivity index (χ2v) is 4.44. The third kappa shape index (κ3) is 3.74. The molecule has 0 spiro atoms. The highest BCUT2D eigenvalue weighted by Crippen LogP contribution is 2.26. The maximum absolute atomic E-state index is 10.9. The molecule has 0 aliphatic heterocycles. The standard InChI is InChI=1S/C10H11ClO3S/c11-7-2-3-8(10(13)14)9(6-7)15-5-1-4-12/h2-3,6,12H,1,4-5H2,(H,13,14). The molecular weight excluding hydrogens is 236 g/mol. The minimum Gasteiger partial charge on any atom is -0.478 e. The number of aliphatic hydroxyl groups excluding tert-OH is 1. The van der Waals surface area contributed by atoms with E-state index in [0.717, 1.165) is 0 Å². The lowest BCUT2D eigenvalue weighted by molar-refractivity contribution is 0.0693. The van der Waals surface area contributed by atoms with Gasteiger partial charge in [0.1, 0.15) is 0 Å². The van der Waals surface area contributed by atoms with E-state index in [0.29, 0.717) is 22.1 Å². The lowest BCUT2D eigenvalue weighted by Crippen LogP contribution is -1.99. The normalized spacial score (nSPS) is 10.3. The molecule has 1 aromatic carbocycles. The second-order valence-electron chi connectivity index (χ2n) is 2.87. The van der Waals surface area contributed by atoms with Gasteiger partial charge in [-0.15, -0.1) is 11.8 Å². The van der Waals surface area contributed by atoms with E-state index < -0.39 is 5.97 Å². The van der Waals surface area contributed by atoms with E-state index in [1.54, 1.807) is 12.1 Å². The van der Waals surface area contributed by atoms with Crippen molar-refractivity contribution in [2.75, 3.05) is 12.4 Å². The fourth-order valence-corrected chi connectivity index (χ4v) is 2.29. The van der Waals surface area contributed by atoms with Crippen LogP contribution in [0.25, 0.3) is 0 Å². The van der Waals surface area contributed by atoms with Crippen molar-refractivity contribution in [3.63, 3.8) is 0 Å². The van der Waals surface area contributed by atoms with E-state index in [2.05, 4.69) is 0 Å². The smallest absolute Gasteiger partial charge is 0.336 e. The molecule has 0 bridgehead atoms. The van der Waals surface area contributed by atoms with Crippen LogP contribution in [0.4, 0.5) is 0 Å². The molecule has 0 saturated heterocycles. The van der Waals surface area contributed by atoms with Crippen molar-refractivity contribution < 1.29 is 15.0 Å². The molecule has 3 nitrogen and oxygen atoms in total. The first-order valence-corrected chi connectivity index (χ1v) is 5.78. The number of carbonyl (C=O) groups is 1. The summed E-state index contributed by atoms with van der Waals surface area (Å²) in [4.78, 5) is 11.5. The van der Waals surface area contributed by atoms with E-state index >= 15 is 0 Å². The van der Waals surface area contributed by atoms with Gasteiger partial charge in [0.15, 0.2) is 0 Å². The van der Waals surface area contributed by atoms with Crippen LogP contribution in [0.5, 0.6) is 0 Å². The summed E-state index contributed by atoms with van der Waals surface area (Å²) in [5.41, 5.74) is 0.252. The zero-order valence-electron chi connectivity index (χ0n) is 7.94. The lowest BCUT2D eigenvalue weighted by Gasteiger charge is -2.05. The van der Waals surface area contributed by atoms with Crippen LogP contribution in [0.15, 0.2) is 23.1 Å². The predicted molar refractivity (Wildman–Crippen MR) is 60.8 cm³/mol. The van der Waals surface area contributed by atoms with Crippen LogP contribution in [0.2, 0.25) is 5.02 Å². The molecule has 0 aliphatic rings.